The molecular weight excluding hydrogens is 202 g/mol. The summed E-state index contributed by atoms with van der Waals surface area (Å²) in [6.07, 6.45) is 1.72. The maximum absolute atomic E-state index is 11.8. The highest BCUT2D eigenvalue weighted by atomic mass is 16.2. The second-order valence-electron chi connectivity index (χ2n) is 4.05. The van der Waals surface area contributed by atoms with Gasteiger partial charge in [-0.2, -0.15) is 0 Å². The minimum Gasteiger partial charge on any atom is -0.349 e. The Morgan fingerprint density at radius 1 is 1.44 bits per heavy atom. The second-order valence-corrected chi connectivity index (χ2v) is 4.05. The first-order valence-corrected chi connectivity index (χ1v) is 5.50. The highest BCUT2D eigenvalue weighted by Crippen LogP contribution is 2.01. The molecule has 0 fully saturated rings. The van der Waals surface area contributed by atoms with E-state index in [1.165, 1.54) is 0 Å². The fourth-order valence-corrected chi connectivity index (χ4v) is 1.56. The highest BCUT2D eigenvalue weighted by molar-refractivity contribution is 5.81. The number of nitrogens with zero attached hydrogens (tertiary/aromatic N) is 1. The van der Waals surface area contributed by atoms with Crippen LogP contribution in [0.15, 0.2) is 24.4 Å². The van der Waals surface area contributed by atoms with Gasteiger partial charge in [0.2, 0.25) is 5.91 Å². The van der Waals surface area contributed by atoms with E-state index in [-0.39, 0.29) is 17.9 Å². The molecule has 0 radical (unpaired) electrons. The Kier molecular flexibility index (Phi) is 4.92. The lowest BCUT2D eigenvalue weighted by atomic mass is 10.0. The lowest BCUT2D eigenvalue weighted by molar-refractivity contribution is -0.124. The number of pyridine rings is 1. The van der Waals surface area contributed by atoms with Gasteiger partial charge < -0.3 is 10.6 Å². The molecule has 0 aliphatic heterocycles. The monoisotopic (exact) mass is 221 g/mol. The van der Waals surface area contributed by atoms with Gasteiger partial charge in [-0.05, 0) is 25.1 Å². The molecule has 1 rings (SSSR count). The molecule has 1 amide bonds. The van der Waals surface area contributed by atoms with Gasteiger partial charge in [0.05, 0.1) is 18.3 Å². The molecule has 0 bridgehead atoms. The average molecular weight is 221 g/mol. The van der Waals surface area contributed by atoms with Crippen LogP contribution in [0.4, 0.5) is 0 Å². The molecule has 1 atom stereocenters. The summed E-state index contributed by atoms with van der Waals surface area (Å²) in [6.45, 7) is 4.51. The van der Waals surface area contributed by atoms with Crippen LogP contribution in [0.5, 0.6) is 0 Å². The fourth-order valence-electron chi connectivity index (χ4n) is 1.56. The predicted molar refractivity (Wildman–Crippen MR) is 63.8 cm³/mol. The largest absolute Gasteiger partial charge is 0.349 e. The fraction of sp³-hybridized carbons (Fsp3) is 0.500. The Hall–Kier alpha value is -1.42. The van der Waals surface area contributed by atoms with Crippen molar-refractivity contribution >= 4 is 5.91 Å². The maximum Gasteiger partial charge on any atom is 0.237 e. The third-order valence-electron chi connectivity index (χ3n) is 2.43. The number of hydrogen-bond donors (Lipinski definition) is 2. The topological polar surface area (TPSA) is 54.0 Å². The van der Waals surface area contributed by atoms with Crippen LogP contribution in [-0.4, -0.2) is 24.0 Å². The van der Waals surface area contributed by atoms with E-state index in [0.29, 0.717) is 6.54 Å². The third-order valence-corrected chi connectivity index (χ3v) is 2.43. The SMILES string of the molecule is CN[C@H](C(=O)NCc1ccccn1)C(C)C. The number of likely N-dealkylation sites (N-methyl/N-ethyl adjacent to an activating group) is 1. The molecule has 4 heteroatoms. The van der Waals surface area contributed by atoms with E-state index in [0.717, 1.165) is 5.69 Å². The molecule has 16 heavy (non-hydrogen) atoms. The lowest BCUT2D eigenvalue weighted by Crippen LogP contribution is -2.45. The van der Waals surface area contributed by atoms with Crippen LogP contribution < -0.4 is 10.6 Å². The zero-order valence-corrected chi connectivity index (χ0v) is 10.0. The molecular formula is C12H19N3O. The van der Waals surface area contributed by atoms with Gasteiger partial charge in [-0.3, -0.25) is 9.78 Å². The molecule has 1 heterocycles. The summed E-state index contributed by atoms with van der Waals surface area (Å²) >= 11 is 0. The summed E-state index contributed by atoms with van der Waals surface area (Å²) in [6, 6.07) is 5.51. The van der Waals surface area contributed by atoms with Crippen molar-refractivity contribution in [2.24, 2.45) is 5.92 Å². The van der Waals surface area contributed by atoms with E-state index >= 15 is 0 Å². The number of amides is 1. The van der Waals surface area contributed by atoms with Gasteiger partial charge in [-0.15, -0.1) is 0 Å². The standard InChI is InChI=1S/C12H19N3O/c1-9(2)11(13-3)12(16)15-8-10-6-4-5-7-14-10/h4-7,9,11,13H,8H2,1-3H3,(H,15,16)/t11-/m0/s1. The van der Waals surface area contributed by atoms with E-state index in [4.69, 9.17) is 0 Å². The molecule has 0 aliphatic rings. The zero-order chi connectivity index (χ0) is 12.0. The third kappa shape index (κ3) is 3.62. The van der Waals surface area contributed by atoms with Crippen molar-refractivity contribution in [3.05, 3.63) is 30.1 Å². The molecule has 0 aromatic carbocycles. The van der Waals surface area contributed by atoms with Crippen molar-refractivity contribution in [2.75, 3.05) is 7.05 Å². The van der Waals surface area contributed by atoms with Crippen LogP contribution in [0.25, 0.3) is 0 Å². The van der Waals surface area contributed by atoms with E-state index in [2.05, 4.69) is 15.6 Å². The van der Waals surface area contributed by atoms with Gasteiger partial charge in [0.15, 0.2) is 0 Å². The summed E-state index contributed by atoms with van der Waals surface area (Å²) in [4.78, 5) is 15.9. The Labute approximate surface area is 96.5 Å². The Balaban J connectivity index is 2.46. The normalized spacial score (nSPS) is 12.5. The van der Waals surface area contributed by atoms with Gasteiger partial charge in [0.25, 0.3) is 0 Å². The number of aromatic nitrogens is 1. The van der Waals surface area contributed by atoms with Crippen molar-refractivity contribution in [3.63, 3.8) is 0 Å². The van der Waals surface area contributed by atoms with Crippen LogP contribution >= 0.6 is 0 Å². The van der Waals surface area contributed by atoms with Crippen LogP contribution in [0.1, 0.15) is 19.5 Å². The molecule has 4 nitrogen and oxygen atoms in total. The van der Waals surface area contributed by atoms with Crippen molar-refractivity contribution < 1.29 is 4.79 Å². The van der Waals surface area contributed by atoms with Gasteiger partial charge in [0, 0.05) is 6.20 Å². The Bertz CT molecular complexity index is 324. The minimum atomic E-state index is -0.149. The van der Waals surface area contributed by atoms with Crippen molar-refractivity contribution in [3.8, 4) is 0 Å². The van der Waals surface area contributed by atoms with Gasteiger partial charge in [-0.25, -0.2) is 0 Å². The Morgan fingerprint density at radius 2 is 2.19 bits per heavy atom. The summed E-state index contributed by atoms with van der Waals surface area (Å²) < 4.78 is 0. The predicted octanol–water partition coefficient (Wildman–Crippen LogP) is 0.942. The number of rotatable bonds is 5. The molecule has 88 valence electrons. The summed E-state index contributed by atoms with van der Waals surface area (Å²) in [5.41, 5.74) is 0.870. The molecule has 1 aromatic heterocycles. The Morgan fingerprint density at radius 3 is 2.69 bits per heavy atom. The van der Waals surface area contributed by atoms with Gasteiger partial charge in [0.1, 0.15) is 0 Å². The first-order valence-electron chi connectivity index (χ1n) is 5.50. The molecule has 1 aromatic rings. The summed E-state index contributed by atoms with van der Waals surface area (Å²) in [5.74, 6) is 0.289. The lowest BCUT2D eigenvalue weighted by Gasteiger charge is -2.19. The molecule has 0 spiro atoms. The molecule has 0 unspecified atom stereocenters. The van der Waals surface area contributed by atoms with Gasteiger partial charge in [-0.1, -0.05) is 19.9 Å². The van der Waals surface area contributed by atoms with E-state index in [9.17, 15) is 4.79 Å². The van der Waals surface area contributed by atoms with Crippen LogP contribution in [-0.2, 0) is 11.3 Å². The number of hydrogen-bond acceptors (Lipinski definition) is 3. The maximum atomic E-state index is 11.8. The van der Waals surface area contributed by atoms with E-state index in [1.54, 1.807) is 13.2 Å². The highest BCUT2D eigenvalue weighted by Gasteiger charge is 2.19. The number of carbonyl (C=O) groups is 1. The minimum absolute atomic E-state index is 0.0168. The van der Waals surface area contributed by atoms with Gasteiger partial charge >= 0.3 is 0 Å². The average Bonchev–Trinajstić information content (AvgIpc) is 2.28. The quantitative estimate of drug-likeness (QED) is 0.778. The summed E-state index contributed by atoms with van der Waals surface area (Å²) in [7, 11) is 1.80. The molecule has 0 saturated carbocycles. The van der Waals surface area contributed by atoms with E-state index < -0.39 is 0 Å². The molecule has 0 saturated heterocycles. The van der Waals surface area contributed by atoms with Crippen LogP contribution in [0.3, 0.4) is 0 Å². The van der Waals surface area contributed by atoms with Crippen LogP contribution in [0, 0.1) is 5.92 Å². The molecule has 0 aliphatic carbocycles. The van der Waals surface area contributed by atoms with Crippen molar-refractivity contribution in [1.82, 2.24) is 15.6 Å². The summed E-state index contributed by atoms with van der Waals surface area (Å²) in [5, 5.41) is 5.87. The van der Waals surface area contributed by atoms with Crippen molar-refractivity contribution in [2.45, 2.75) is 26.4 Å². The molecule has 2 N–H and O–H groups in total. The first kappa shape index (κ1) is 12.6. The second kappa shape index (κ2) is 6.23. The van der Waals surface area contributed by atoms with E-state index in [1.807, 2.05) is 32.0 Å². The number of carbonyl (C=O) groups excluding carboxylic acids is 1. The smallest absolute Gasteiger partial charge is 0.237 e. The van der Waals surface area contributed by atoms with Crippen molar-refractivity contribution in [1.29, 1.82) is 0 Å². The van der Waals surface area contributed by atoms with Crippen LogP contribution in [0.2, 0.25) is 0 Å². The first-order chi connectivity index (χ1) is 7.65. The zero-order valence-electron chi connectivity index (χ0n) is 10.0. The number of nitrogens with one attached hydrogen (secondary N) is 2.